The smallest absolute Gasteiger partial charge is 0.187 e. The van der Waals surface area contributed by atoms with Gasteiger partial charge >= 0.3 is 0 Å². The predicted molar refractivity (Wildman–Crippen MR) is 107 cm³/mol. The van der Waals surface area contributed by atoms with Gasteiger partial charge in [0.25, 0.3) is 0 Å². The summed E-state index contributed by atoms with van der Waals surface area (Å²) >= 11 is 5.35. The van der Waals surface area contributed by atoms with Crippen LogP contribution in [0.5, 0.6) is 0 Å². The van der Waals surface area contributed by atoms with Crippen LogP contribution in [0.1, 0.15) is 38.2 Å². The number of rotatable bonds is 4. The summed E-state index contributed by atoms with van der Waals surface area (Å²) in [6.45, 7) is 5.80. The molecule has 1 heterocycles. The topological polar surface area (TPSA) is 48.9 Å². The monoisotopic (exact) mass is 360 g/mol. The van der Waals surface area contributed by atoms with Crippen molar-refractivity contribution in [3.8, 4) is 0 Å². The van der Waals surface area contributed by atoms with Crippen molar-refractivity contribution in [3.05, 3.63) is 29.8 Å². The van der Waals surface area contributed by atoms with Gasteiger partial charge in [-0.2, -0.15) is 5.10 Å². The van der Waals surface area contributed by atoms with Crippen molar-refractivity contribution in [2.45, 2.75) is 38.6 Å². The first-order chi connectivity index (χ1) is 12.2. The van der Waals surface area contributed by atoms with E-state index in [-0.39, 0.29) is 0 Å². The number of benzene rings is 1. The average Bonchev–Trinajstić information content (AvgIpc) is 2.65. The van der Waals surface area contributed by atoms with Gasteiger partial charge in [0.15, 0.2) is 5.11 Å². The van der Waals surface area contributed by atoms with Crippen LogP contribution >= 0.6 is 12.2 Å². The molecular formula is C19H28N4OS. The molecule has 0 unspecified atom stereocenters. The molecule has 1 aromatic rings. The predicted octanol–water partition coefficient (Wildman–Crippen LogP) is 2.90. The highest BCUT2D eigenvalue weighted by molar-refractivity contribution is 7.80. The summed E-state index contributed by atoms with van der Waals surface area (Å²) < 4.78 is 5.39. The highest BCUT2D eigenvalue weighted by atomic mass is 32.1. The van der Waals surface area contributed by atoms with Crippen LogP contribution in [0, 0.1) is 5.92 Å². The van der Waals surface area contributed by atoms with Crippen molar-refractivity contribution >= 4 is 29.2 Å². The van der Waals surface area contributed by atoms with Gasteiger partial charge in [0, 0.05) is 24.8 Å². The molecule has 3 rings (SSSR count). The first-order valence-corrected chi connectivity index (χ1v) is 9.65. The largest absolute Gasteiger partial charge is 0.378 e. The van der Waals surface area contributed by atoms with Gasteiger partial charge < -0.3 is 15.0 Å². The van der Waals surface area contributed by atoms with E-state index in [2.05, 4.69) is 51.9 Å². The van der Waals surface area contributed by atoms with Crippen molar-refractivity contribution in [2.24, 2.45) is 11.0 Å². The Morgan fingerprint density at radius 2 is 1.92 bits per heavy atom. The highest BCUT2D eigenvalue weighted by Gasteiger charge is 2.21. The molecule has 1 aliphatic heterocycles. The van der Waals surface area contributed by atoms with Crippen LogP contribution in [-0.4, -0.2) is 43.7 Å². The van der Waals surface area contributed by atoms with Crippen LogP contribution in [-0.2, 0) is 4.74 Å². The zero-order valence-electron chi connectivity index (χ0n) is 14.9. The normalized spacial score (nSPS) is 24.3. The molecule has 2 aliphatic rings. The lowest BCUT2D eigenvalue weighted by Gasteiger charge is -2.30. The summed E-state index contributed by atoms with van der Waals surface area (Å²) in [5.41, 5.74) is 5.23. The number of morpholine rings is 1. The number of ether oxygens (including phenoxy) is 1. The minimum absolute atomic E-state index is 0.469. The molecule has 0 amide bonds. The highest BCUT2D eigenvalue weighted by Crippen LogP contribution is 2.23. The number of nitrogens with zero attached hydrogens (tertiary/aromatic N) is 2. The van der Waals surface area contributed by atoms with E-state index in [0.717, 1.165) is 31.9 Å². The fraction of sp³-hybridized carbons (Fsp3) is 0.579. The van der Waals surface area contributed by atoms with Gasteiger partial charge in [-0.1, -0.05) is 31.9 Å². The van der Waals surface area contributed by atoms with Crippen LogP contribution in [0.4, 0.5) is 5.69 Å². The summed E-state index contributed by atoms with van der Waals surface area (Å²) in [6.07, 6.45) is 6.89. The van der Waals surface area contributed by atoms with Crippen molar-refractivity contribution in [1.82, 2.24) is 10.7 Å². The van der Waals surface area contributed by atoms with Crippen molar-refractivity contribution in [1.29, 1.82) is 0 Å². The molecule has 2 atom stereocenters. The Balaban J connectivity index is 1.45. The Bertz CT molecular complexity index is 584. The molecule has 2 fully saturated rings. The third-order valence-corrected chi connectivity index (χ3v) is 5.29. The second-order valence-corrected chi connectivity index (χ2v) is 7.31. The molecule has 1 saturated heterocycles. The maximum Gasteiger partial charge on any atom is 0.187 e. The van der Waals surface area contributed by atoms with Crippen LogP contribution in [0.25, 0.3) is 0 Å². The van der Waals surface area contributed by atoms with Gasteiger partial charge in [-0.05, 0) is 48.7 Å². The van der Waals surface area contributed by atoms with Crippen molar-refractivity contribution in [2.75, 3.05) is 31.2 Å². The van der Waals surface area contributed by atoms with Gasteiger partial charge in [-0.3, -0.25) is 5.43 Å². The second kappa shape index (κ2) is 9.15. The number of hydrogen-bond acceptors (Lipinski definition) is 4. The zero-order valence-corrected chi connectivity index (χ0v) is 15.7. The standard InChI is InChI=1S/C19H28N4OS/c1-15-4-2-3-5-18(15)21-19(25)22-20-14-16-6-8-17(9-7-16)23-10-12-24-13-11-23/h6-9,14-15,18H,2-5,10-13H2,1H3,(H2,21,22,25)/b20-14-/t15-,18+/m0/s1. The first-order valence-electron chi connectivity index (χ1n) is 9.25. The third-order valence-electron chi connectivity index (χ3n) is 5.08. The van der Waals surface area contributed by atoms with Gasteiger partial charge in [0.2, 0.25) is 0 Å². The minimum atomic E-state index is 0.469. The van der Waals surface area contributed by atoms with Gasteiger partial charge in [-0.15, -0.1) is 0 Å². The summed E-state index contributed by atoms with van der Waals surface area (Å²) in [6, 6.07) is 8.89. The first kappa shape index (κ1) is 18.1. The summed E-state index contributed by atoms with van der Waals surface area (Å²) in [5.74, 6) is 0.671. The van der Waals surface area contributed by atoms with Crippen LogP contribution < -0.4 is 15.6 Å². The quantitative estimate of drug-likeness (QED) is 0.491. The fourth-order valence-corrected chi connectivity index (χ4v) is 3.69. The van der Waals surface area contributed by atoms with E-state index in [4.69, 9.17) is 17.0 Å². The van der Waals surface area contributed by atoms with Gasteiger partial charge in [0.05, 0.1) is 19.4 Å². The number of hydrogen-bond donors (Lipinski definition) is 2. The molecule has 136 valence electrons. The third kappa shape index (κ3) is 5.41. The maximum atomic E-state index is 5.39. The SMILES string of the molecule is C[C@H]1CCCC[C@H]1NC(=S)N/N=C\c1ccc(N2CCOCC2)cc1. The van der Waals surface area contributed by atoms with E-state index in [0.29, 0.717) is 17.1 Å². The Morgan fingerprint density at radius 1 is 1.20 bits per heavy atom. The molecule has 25 heavy (non-hydrogen) atoms. The van der Waals surface area contributed by atoms with Crippen LogP contribution in [0.15, 0.2) is 29.4 Å². The summed E-state index contributed by atoms with van der Waals surface area (Å²) in [4.78, 5) is 2.34. The van der Waals surface area contributed by atoms with E-state index < -0.39 is 0 Å². The lowest BCUT2D eigenvalue weighted by molar-refractivity contribution is 0.122. The number of thiocarbonyl (C=S) groups is 1. The number of hydrazone groups is 1. The summed E-state index contributed by atoms with van der Waals surface area (Å²) in [7, 11) is 0. The number of anilines is 1. The molecule has 6 heteroatoms. The fourth-order valence-electron chi connectivity index (χ4n) is 3.49. The van der Waals surface area contributed by atoms with E-state index in [9.17, 15) is 0 Å². The second-order valence-electron chi connectivity index (χ2n) is 6.90. The van der Waals surface area contributed by atoms with Crippen LogP contribution in [0.2, 0.25) is 0 Å². The average molecular weight is 361 g/mol. The Morgan fingerprint density at radius 3 is 2.64 bits per heavy atom. The molecule has 0 aromatic heterocycles. The van der Waals surface area contributed by atoms with Crippen molar-refractivity contribution < 1.29 is 4.74 Å². The van der Waals surface area contributed by atoms with Crippen molar-refractivity contribution in [3.63, 3.8) is 0 Å². The van der Waals surface area contributed by atoms with E-state index >= 15 is 0 Å². The maximum absolute atomic E-state index is 5.39. The lowest BCUT2D eigenvalue weighted by atomic mass is 9.86. The molecule has 0 spiro atoms. The van der Waals surface area contributed by atoms with Gasteiger partial charge in [0.1, 0.15) is 0 Å². The lowest BCUT2D eigenvalue weighted by Crippen LogP contribution is -2.44. The van der Waals surface area contributed by atoms with E-state index in [1.165, 1.54) is 31.4 Å². The molecule has 1 aliphatic carbocycles. The van der Waals surface area contributed by atoms with Crippen LogP contribution in [0.3, 0.4) is 0 Å². The minimum Gasteiger partial charge on any atom is -0.378 e. The molecule has 0 bridgehead atoms. The number of nitrogens with one attached hydrogen (secondary N) is 2. The molecular weight excluding hydrogens is 332 g/mol. The molecule has 1 aromatic carbocycles. The summed E-state index contributed by atoms with van der Waals surface area (Å²) in [5, 5.41) is 8.27. The Hall–Kier alpha value is -1.66. The Kier molecular flexibility index (Phi) is 6.64. The molecule has 2 N–H and O–H groups in total. The molecule has 0 radical (unpaired) electrons. The van der Waals surface area contributed by atoms with Gasteiger partial charge in [-0.25, -0.2) is 0 Å². The van der Waals surface area contributed by atoms with E-state index in [1.54, 1.807) is 6.21 Å². The molecule has 1 saturated carbocycles. The van der Waals surface area contributed by atoms with E-state index in [1.807, 2.05) is 0 Å². The Labute approximate surface area is 155 Å². The zero-order chi connectivity index (χ0) is 17.5. The molecule has 5 nitrogen and oxygen atoms in total.